The van der Waals surface area contributed by atoms with E-state index in [-0.39, 0.29) is 12.5 Å². The topological polar surface area (TPSA) is 75.4 Å². The fourth-order valence-corrected chi connectivity index (χ4v) is 1.90. The first kappa shape index (κ1) is 17.0. The van der Waals surface area contributed by atoms with E-state index in [9.17, 15) is 18.0 Å². The van der Waals surface area contributed by atoms with E-state index in [1.807, 2.05) is 0 Å². The molecule has 2 rings (SSSR count). The summed E-state index contributed by atoms with van der Waals surface area (Å²) in [5.74, 6) is -2.79. The van der Waals surface area contributed by atoms with Crippen LogP contribution in [0.4, 0.5) is 13.2 Å². The van der Waals surface area contributed by atoms with Gasteiger partial charge in [-0.05, 0) is 18.6 Å². The van der Waals surface area contributed by atoms with Crippen molar-refractivity contribution >= 4 is 5.91 Å². The Balaban J connectivity index is 2.41. The first-order chi connectivity index (χ1) is 10.9. The van der Waals surface area contributed by atoms with Gasteiger partial charge in [0.2, 0.25) is 11.7 Å². The Morgan fingerprint density at radius 2 is 2.00 bits per heavy atom. The number of carbonyl (C=O) groups is 1. The van der Waals surface area contributed by atoms with Crippen LogP contribution in [0.5, 0.6) is 0 Å². The van der Waals surface area contributed by atoms with Gasteiger partial charge in [-0.3, -0.25) is 4.79 Å². The number of oxazole rings is 1. The molecule has 5 nitrogen and oxygen atoms in total. The Kier molecular flexibility index (Phi) is 5.05. The Hall–Kier alpha value is -2.35. The van der Waals surface area contributed by atoms with E-state index in [0.717, 1.165) is 0 Å². The number of carbonyl (C=O) groups excluding carboxylic acids is 1. The molecule has 0 saturated carbocycles. The lowest BCUT2D eigenvalue weighted by atomic mass is 10.2. The third kappa shape index (κ3) is 3.89. The fraction of sp³-hybridized carbons (Fsp3) is 0.333. The molecule has 0 aliphatic rings. The molecule has 0 fully saturated rings. The molecule has 1 atom stereocenters. The first-order valence-electron chi connectivity index (χ1n) is 6.92. The number of nitrogens with zero attached hydrogens (tertiary/aromatic N) is 1. The maximum Gasteiger partial charge on any atom is 0.452 e. The molecule has 0 bridgehead atoms. The van der Waals surface area contributed by atoms with Crippen LogP contribution in [0.3, 0.4) is 0 Å². The van der Waals surface area contributed by atoms with Crippen LogP contribution >= 0.6 is 0 Å². The van der Waals surface area contributed by atoms with Gasteiger partial charge in [0, 0.05) is 5.56 Å². The minimum atomic E-state index is -4.85. The van der Waals surface area contributed by atoms with Crippen molar-refractivity contribution in [1.29, 1.82) is 0 Å². The van der Waals surface area contributed by atoms with E-state index in [0.29, 0.717) is 12.0 Å². The van der Waals surface area contributed by atoms with Crippen molar-refractivity contribution in [3.05, 3.63) is 41.8 Å². The van der Waals surface area contributed by atoms with Crippen molar-refractivity contribution in [2.45, 2.75) is 25.6 Å². The summed E-state index contributed by atoms with van der Waals surface area (Å²) >= 11 is 0. The normalized spacial score (nSPS) is 12.9. The number of aromatic nitrogens is 1. The summed E-state index contributed by atoms with van der Waals surface area (Å²) in [5, 5.41) is 11.4. The fourth-order valence-electron chi connectivity index (χ4n) is 1.90. The van der Waals surface area contributed by atoms with Gasteiger partial charge in [0.15, 0.2) is 5.69 Å². The molecule has 1 amide bonds. The van der Waals surface area contributed by atoms with Gasteiger partial charge in [0.05, 0.1) is 12.6 Å². The number of amides is 1. The molecular weight excluding hydrogens is 313 g/mol. The highest BCUT2D eigenvalue weighted by atomic mass is 19.4. The van der Waals surface area contributed by atoms with E-state index in [1.165, 1.54) is 12.1 Å². The van der Waals surface area contributed by atoms with Gasteiger partial charge in [-0.1, -0.05) is 25.1 Å². The number of rotatable bonds is 5. The van der Waals surface area contributed by atoms with Crippen LogP contribution in [0.2, 0.25) is 0 Å². The zero-order valence-electron chi connectivity index (χ0n) is 12.2. The lowest BCUT2D eigenvalue weighted by molar-refractivity contribution is -0.153. The molecule has 1 aromatic carbocycles. The summed E-state index contributed by atoms with van der Waals surface area (Å²) < 4.78 is 44.0. The van der Waals surface area contributed by atoms with E-state index >= 15 is 0 Å². The number of alkyl halides is 3. The lowest BCUT2D eigenvalue weighted by Crippen LogP contribution is -2.37. The van der Waals surface area contributed by atoms with Crippen LogP contribution in [-0.4, -0.2) is 28.6 Å². The number of benzene rings is 1. The smallest absolute Gasteiger partial charge is 0.431 e. The summed E-state index contributed by atoms with van der Waals surface area (Å²) in [6.45, 7) is 1.30. The third-order valence-corrected chi connectivity index (χ3v) is 3.17. The van der Waals surface area contributed by atoms with Crippen LogP contribution < -0.4 is 5.32 Å². The largest absolute Gasteiger partial charge is 0.452 e. The van der Waals surface area contributed by atoms with Gasteiger partial charge in [-0.15, -0.1) is 0 Å². The third-order valence-electron chi connectivity index (χ3n) is 3.17. The summed E-state index contributed by atoms with van der Waals surface area (Å²) in [6.07, 6.45) is -4.49. The Labute approximate surface area is 130 Å². The molecule has 23 heavy (non-hydrogen) atoms. The molecule has 124 valence electrons. The van der Waals surface area contributed by atoms with Crippen LogP contribution in [0.1, 0.15) is 29.6 Å². The second kappa shape index (κ2) is 6.82. The number of halogens is 3. The molecule has 1 heterocycles. The second-order valence-electron chi connectivity index (χ2n) is 4.82. The van der Waals surface area contributed by atoms with Crippen LogP contribution in [0.25, 0.3) is 11.5 Å². The monoisotopic (exact) mass is 328 g/mol. The molecule has 0 spiro atoms. The maximum atomic E-state index is 13.1. The van der Waals surface area contributed by atoms with Gasteiger partial charge in [-0.25, -0.2) is 4.98 Å². The zero-order chi connectivity index (χ0) is 17.0. The van der Waals surface area contributed by atoms with E-state index in [4.69, 9.17) is 9.52 Å². The average molecular weight is 328 g/mol. The summed E-state index contributed by atoms with van der Waals surface area (Å²) in [5.41, 5.74) is -0.519. The highest BCUT2D eigenvalue weighted by Crippen LogP contribution is 2.35. The second-order valence-corrected chi connectivity index (χ2v) is 4.82. The molecule has 8 heteroatoms. The van der Waals surface area contributed by atoms with Crippen molar-refractivity contribution in [2.24, 2.45) is 0 Å². The van der Waals surface area contributed by atoms with Gasteiger partial charge in [0.25, 0.3) is 5.91 Å². The van der Waals surface area contributed by atoms with E-state index in [1.54, 1.807) is 25.1 Å². The number of nitrogens with one attached hydrogen (secondary N) is 1. The highest BCUT2D eigenvalue weighted by molar-refractivity contribution is 5.94. The summed E-state index contributed by atoms with van der Waals surface area (Å²) in [4.78, 5) is 15.7. The maximum absolute atomic E-state index is 13.1. The number of hydrogen-bond donors (Lipinski definition) is 2. The molecule has 2 N–H and O–H groups in total. The highest BCUT2D eigenvalue weighted by Gasteiger charge is 2.42. The molecule has 0 unspecified atom stereocenters. The van der Waals surface area contributed by atoms with Crippen molar-refractivity contribution in [3.8, 4) is 11.5 Å². The molecule has 1 aromatic heterocycles. The predicted octanol–water partition coefficient (Wildman–Crippen LogP) is 2.86. The van der Waals surface area contributed by atoms with Crippen molar-refractivity contribution < 1.29 is 27.5 Å². The van der Waals surface area contributed by atoms with Crippen molar-refractivity contribution in [3.63, 3.8) is 0 Å². The summed E-state index contributed by atoms with van der Waals surface area (Å²) in [7, 11) is 0. The van der Waals surface area contributed by atoms with Gasteiger partial charge >= 0.3 is 6.18 Å². The Morgan fingerprint density at radius 3 is 2.52 bits per heavy atom. The van der Waals surface area contributed by atoms with E-state index < -0.39 is 29.6 Å². The Morgan fingerprint density at radius 1 is 1.35 bits per heavy atom. The molecule has 0 aliphatic carbocycles. The van der Waals surface area contributed by atoms with Crippen LogP contribution in [0.15, 0.2) is 34.7 Å². The van der Waals surface area contributed by atoms with Crippen molar-refractivity contribution in [2.75, 3.05) is 6.61 Å². The number of aliphatic hydroxyl groups is 1. The van der Waals surface area contributed by atoms with Crippen molar-refractivity contribution in [1.82, 2.24) is 10.3 Å². The van der Waals surface area contributed by atoms with E-state index in [2.05, 4.69) is 10.3 Å². The molecule has 0 saturated heterocycles. The summed E-state index contributed by atoms with van der Waals surface area (Å²) in [6, 6.07) is 7.32. The Bertz CT molecular complexity index is 664. The quantitative estimate of drug-likeness (QED) is 0.885. The molecule has 0 aliphatic heterocycles. The number of aliphatic hydroxyl groups excluding tert-OH is 1. The predicted molar refractivity (Wildman–Crippen MR) is 75.6 cm³/mol. The SMILES string of the molecule is CC[C@@H](CO)NC(=O)c1nc(-c2ccccc2)oc1C(F)(F)F. The van der Waals surface area contributed by atoms with Gasteiger partial charge in [0.1, 0.15) is 0 Å². The molecular formula is C15H15F3N2O3. The van der Waals surface area contributed by atoms with Gasteiger partial charge < -0.3 is 14.8 Å². The zero-order valence-corrected chi connectivity index (χ0v) is 12.2. The van der Waals surface area contributed by atoms with Crippen LogP contribution in [-0.2, 0) is 6.18 Å². The number of hydrogen-bond acceptors (Lipinski definition) is 4. The standard InChI is InChI=1S/C15H15F3N2O3/c1-2-10(8-21)19-13(22)11-12(15(16,17)18)23-14(20-11)9-6-4-3-5-7-9/h3-7,10,21H,2,8H2,1H3,(H,19,22)/t10-/m0/s1. The minimum absolute atomic E-state index is 0.292. The molecule has 0 radical (unpaired) electrons. The van der Waals surface area contributed by atoms with Gasteiger partial charge in [-0.2, -0.15) is 13.2 Å². The minimum Gasteiger partial charge on any atom is -0.431 e. The average Bonchev–Trinajstić information content (AvgIpc) is 2.99. The first-order valence-corrected chi connectivity index (χ1v) is 6.92. The van der Waals surface area contributed by atoms with Crippen LogP contribution in [0, 0.1) is 0 Å². The lowest BCUT2D eigenvalue weighted by Gasteiger charge is -2.13. The molecule has 2 aromatic rings.